The molecule has 1 amide bonds. The largest absolute Gasteiger partial charge is 0.335 e. The molecule has 4 nitrogen and oxygen atoms in total. The molecule has 0 N–H and O–H groups in total. The van der Waals surface area contributed by atoms with Crippen LogP contribution in [-0.2, 0) is 7.05 Å². The third-order valence-electron chi connectivity index (χ3n) is 2.49. The topological polar surface area (TPSA) is 38.1 Å². The Kier molecular flexibility index (Phi) is 3.39. The van der Waals surface area contributed by atoms with Crippen LogP contribution in [0.3, 0.4) is 0 Å². The first kappa shape index (κ1) is 12.0. The maximum absolute atomic E-state index is 12.0. The predicted octanol–water partition coefficient (Wildman–Crippen LogP) is 1.51. The van der Waals surface area contributed by atoms with E-state index in [0.29, 0.717) is 11.4 Å². The Balaban J connectivity index is 2.86. The minimum Gasteiger partial charge on any atom is -0.335 e. The van der Waals surface area contributed by atoms with Crippen molar-refractivity contribution in [2.45, 2.75) is 19.4 Å². The lowest BCUT2D eigenvalue weighted by atomic mass is 10.1. The lowest BCUT2D eigenvalue weighted by molar-refractivity contribution is 0.0660. The number of aromatic nitrogens is 2. The maximum atomic E-state index is 12.0. The van der Waals surface area contributed by atoms with Crippen molar-refractivity contribution in [1.82, 2.24) is 14.7 Å². The number of hydrogen-bond donors (Lipinski definition) is 0. The Bertz CT molecular complexity index is 359. The summed E-state index contributed by atoms with van der Waals surface area (Å²) in [6.45, 7) is 3.85. The van der Waals surface area contributed by atoms with Crippen LogP contribution >= 0.6 is 11.6 Å². The predicted molar refractivity (Wildman–Crippen MR) is 60.1 cm³/mol. The zero-order valence-corrected chi connectivity index (χ0v) is 10.2. The Morgan fingerprint density at radius 1 is 1.67 bits per heavy atom. The van der Waals surface area contributed by atoms with Gasteiger partial charge in [0.15, 0.2) is 0 Å². The van der Waals surface area contributed by atoms with Crippen molar-refractivity contribution in [1.29, 1.82) is 0 Å². The summed E-state index contributed by atoms with van der Waals surface area (Å²) in [5.41, 5.74) is 0.229. The van der Waals surface area contributed by atoms with Gasteiger partial charge in [-0.1, -0.05) is 0 Å². The molecule has 1 aromatic rings. The van der Waals surface area contributed by atoms with Gasteiger partial charge in [-0.3, -0.25) is 9.48 Å². The summed E-state index contributed by atoms with van der Waals surface area (Å²) in [6.07, 6.45) is 3.26. The van der Waals surface area contributed by atoms with Crippen molar-refractivity contribution >= 4 is 17.5 Å². The average Bonchev–Trinajstić information content (AvgIpc) is 2.62. The molecule has 0 aliphatic carbocycles. The van der Waals surface area contributed by atoms with Gasteiger partial charge in [-0.05, 0) is 13.8 Å². The Morgan fingerprint density at radius 2 is 2.27 bits per heavy atom. The van der Waals surface area contributed by atoms with Crippen LogP contribution < -0.4 is 0 Å². The molecule has 0 spiro atoms. The van der Waals surface area contributed by atoms with E-state index in [2.05, 4.69) is 5.10 Å². The first-order chi connectivity index (χ1) is 6.88. The molecule has 0 radical (unpaired) electrons. The van der Waals surface area contributed by atoms with Gasteiger partial charge in [-0.25, -0.2) is 0 Å². The van der Waals surface area contributed by atoms with E-state index in [1.807, 2.05) is 13.8 Å². The molecule has 15 heavy (non-hydrogen) atoms. The molecule has 1 heterocycles. The van der Waals surface area contributed by atoms with Gasteiger partial charge in [0.05, 0.1) is 17.3 Å². The van der Waals surface area contributed by atoms with Gasteiger partial charge < -0.3 is 4.90 Å². The quantitative estimate of drug-likeness (QED) is 0.737. The second-order valence-electron chi connectivity index (χ2n) is 4.21. The second kappa shape index (κ2) is 4.23. The molecule has 0 aromatic carbocycles. The van der Waals surface area contributed by atoms with Crippen LogP contribution in [0.15, 0.2) is 12.4 Å². The standard InChI is InChI=1S/C10H16ClN3O/c1-10(2,7-11)14(4)9(15)8-5-12-13(3)6-8/h5-6H,7H2,1-4H3. The first-order valence-corrected chi connectivity index (χ1v) is 5.24. The van der Waals surface area contributed by atoms with Crippen molar-refractivity contribution in [3.63, 3.8) is 0 Å². The van der Waals surface area contributed by atoms with Crippen molar-refractivity contribution in [2.24, 2.45) is 7.05 Å². The monoisotopic (exact) mass is 229 g/mol. The molecule has 1 aromatic heterocycles. The van der Waals surface area contributed by atoms with E-state index < -0.39 is 0 Å². The number of hydrogen-bond acceptors (Lipinski definition) is 2. The lowest BCUT2D eigenvalue weighted by Gasteiger charge is -2.33. The lowest BCUT2D eigenvalue weighted by Crippen LogP contribution is -2.46. The van der Waals surface area contributed by atoms with Crippen molar-refractivity contribution in [3.8, 4) is 0 Å². The van der Waals surface area contributed by atoms with Crippen molar-refractivity contribution < 1.29 is 4.79 Å². The fourth-order valence-corrected chi connectivity index (χ4v) is 1.27. The Hall–Kier alpha value is -1.03. The van der Waals surface area contributed by atoms with E-state index in [4.69, 9.17) is 11.6 Å². The summed E-state index contributed by atoms with van der Waals surface area (Å²) in [5, 5.41) is 3.96. The minimum atomic E-state index is -0.353. The molecule has 1 rings (SSSR count). The Labute approximate surface area is 94.8 Å². The van der Waals surface area contributed by atoms with E-state index >= 15 is 0 Å². The molecule has 0 aliphatic heterocycles. The zero-order chi connectivity index (χ0) is 11.6. The smallest absolute Gasteiger partial charge is 0.257 e. The van der Waals surface area contributed by atoms with Crippen LogP contribution in [0.4, 0.5) is 0 Å². The van der Waals surface area contributed by atoms with Crippen LogP contribution in [0.2, 0.25) is 0 Å². The van der Waals surface area contributed by atoms with Crippen LogP contribution in [0.1, 0.15) is 24.2 Å². The summed E-state index contributed by atoms with van der Waals surface area (Å²) in [4.78, 5) is 13.6. The zero-order valence-electron chi connectivity index (χ0n) is 9.49. The number of carbonyl (C=O) groups is 1. The highest BCUT2D eigenvalue weighted by Crippen LogP contribution is 2.16. The van der Waals surface area contributed by atoms with E-state index in [1.54, 1.807) is 36.1 Å². The highest BCUT2D eigenvalue weighted by molar-refractivity contribution is 6.18. The van der Waals surface area contributed by atoms with Crippen LogP contribution in [0.25, 0.3) is 0 Å². The van der Waals surface area contributed by atoms with E-state index in [-0.39, 0.29) is 11.4 Å². The van der Waals surface area contributed by atoms with Gasteiger partial charge in [0.25, 0.3) is 5.91 Å². The number of amides is 1. The summed E-state index contributed by atoms with van der Waals surface area (Å²) in [6, 6.07) is 0. The third kappa shape index (κ3) is 2.50. The number of rotatable bonds is 3. The Morgan fingerprint density at radius 3 is 2.67 bits per heavy atom. The number of nitrogens with zero attached hydrogens (tertiary/aromatic N) is 3. The maximum Gasteiger partial charge on any atom is 0.257 e. The third-order valence-corrected chi connectivity index (χ3v) is 3.15. The summed E-state index contributed by atoms with van der Waals surface area (Å²) < 4.78 is 1.61. The molecule has 0 saturated heterocycles. The van der Waals surface area contributed by atoms with Crippen molar-refractivity contribution in [2.75, 3.05) is 12.9 Å². The highest BCUT2D eigenvalue weighted by atomic mass is 35.5. The molecule has 0 saturated carbocycles. The SMILES string of the molecule is CN(C(=O)c1cnn(C)c1)C(C)(C)CCl. The fourth-order valence-electron chi connectivity index (χ4n) is 1.09. The summed E-state index contributed by atoms with van der Waals surface area (Å²) in [7, 11) is 3.53. The molecular weight excluding hydrogens is 214 g/mol. The van der Waals surface area contributed by atoms with Gasteiger partial charge in [0, 0.05) is 26.2 Å². The molecule has 0 bridgehead atoms. The highest BCUT2D eigenvalue weighted by Gasteiger charge is 2.27. The second-order valence-corrected chi connectivity index (χ2v) is 4.48. The van der Waals surface area contributed by atoms with Crippen molar-refractivity contribution in [3.05, 3.63) is 18.0 Å². The van der Waals surface area contributed by atoms with Gasteiger partial charge >= 0.3 is 0 Å². The van der Waals surface area contributed by atoms with Gasteiger partial charge in [-0.2, -0.15) is 5.10 Å². The fraction of sp³-hybridized carbons (Fsp3) is 0.600. The van der Waals surface area contributed by atoms with E-state index in [9.17, 15) is 4.79 Å². The molecule has 0 aliphatic rings. The van der Waals surface area contributed by atoms with Gasteiger partial charge in [-0.15, -0.1) is 11.6 Å². The van der Waals surface area contributed by atoms with E-state index in [0.717, 1.165) is 0 Å². The normalized spacial score (nSPS) is 11.5. The summed E-state index contributed by atoms with van der Waals surface area (Å²) >= 11 is 5.81. The number of alkyl halides is 1. The van der Waals surface area contributed by atoms with Crippen LogP contribution in [0, 0.1) is 0 Å². The van der Waals surface area contributed by atoms with E-state index in [1.165, 1.54) is 0 Å². The first-order valence-electron chi connectivity index (χ1n) is 4.71. The number of aryl methyl sites for hydroxylation is 1. The molecule has 0 atom stereocenters. The molecular formula is C10H16ClN3O. The molecule has 5 heteroatoms. The molecule has 0 unspecified atom stereocenters. The van der Waals surface area contributed by atoms with Gasteiger partial charge in [0.1, 0.15) is 0 Å². The minimum absolute atomic E-state index is 0.0613. The van der Waals surface area contributed by atoms with Gasteiger partial charge in [0.2, 0.25) is 0 Å². The average molecular weight is 230 g/mol. The summed E-state index contributed by atoms with van der Waals surface area (Å²) in [5.74, 6) is 0.337. The van der Waals surface area contributed by atoms with Crippen LogP contribution in [0.5, 0.6) is 0 Å². The van der Waals surface area contributed by atoms with Crippen LogP contribution in [-0.4, -0.2) is 39.1 Å². The number of carbonyl (C=O) groups excluding carboxylic acids is 1. The molecule has 84 valence electrons. The number of halogens is 1. The molecule has 0 fully saturated rings.